The van der Waals surface area contributed by atoms with Gasteiger partial charge in [0.25, 0.3) is 11.8 Å². The number of nitrogens with zero attached hydrogens (tertiary/aromatic N) is 6. The third-order valence-electron chi connectivity index (χ3n) is 6.39. The highest BCUT2D eigenvalue weighted by molar-refractivity contribution is 6.07. The number of hydrogen-bond donors (Lipinski definition) is 3. The van der Waals surface area contributed by atoms with Gasteiger partial charge in [-0.2, -0.15) is 5.26 Å². The first-order valence-corrected chi connectivity index (χ1v) is 13.6. The molecule has 1 fully saturated rings. The van der Waals surface area contributed by atoms with E-state index in [9.17, 15) is 24.4 Å². The second kappa shape index (κ2) is 13.1. The second-order valence-corrected chi connectivity index (χ2v) is 10.7. The van der Waals surface area contributed by atoms with E-state index in [0.717, 1.165) is 6.42 Å². The van der Waals surface area contributed by atoms with Crippen molar-refractivity contribution in [2.24, 2.45) is 0 Å². The van der Waals surface area contributed by atoms with Crippen LogP contribution in [-0.2, 0) is 9.53 Å². The highest BCUT2D eigenvalue weighted by atomic mass is 16.6. The first-order valence-electron chi connectivity index (χ1n) is 13.6. The Morgan fingerprint density at radius 2 is 1.88 bits per heavy atom. The molecule has 3 heterocycles. The molecule has 42 heavy (non-hydrogen) atoms. The molecule has 4 amide bonds. The second-order valence-electron chi connectivity index (χ2n) is 10.7. The van der Waals surface area contributed by atoms with Crippen molar-refractivity contribution in [3.8, 4) is 11.8 Å². The minimum absolute atomic E-state index is 0.0930. The lowest BCUT2D eigenvalue weighted by molar-refractivity contribution is -0.130. The van der Waals surface area contributed by atoms with E-state index in [-0.39, 0.29) is 18.1 Å². The lowest BCUT2D eigenvalue weighted by atomic mass is 10.1. The molecule has 0 saturated carbocycles. The Kier molecular flexibility index (Phi) is 9.31. The Labute approximate surface area is 242 Å². The zero-order chi connectivity index (χ0) is 30.3. The monoisotopic (exact) mass is 575 g/mol. The van der Waals surface area contributed by atoms with Gasteiger partial charge in [0.1, 0.15) is 11.6 Å². The maximum atomic E-state index is 13.0. The predicted octanol–water partition coefficient (Wildman–Crippen LogP) is 1.70. The van der Waals surface area contributed by atoms with Gasteiger partial charge in [-0.05, 0) is 64.3 Å². The number of carbonyl (C=O) groups is 4. The number of aromatic nitrogens is 4. The molecule has 0 spiro atoms. The fraction of sp³-hybridized carbons (Fsp3) is 0.429. The van der Waals surface area contributed by atoms with Gasteiger partial charge in [-0.25, -0.2) is 9.48 Å². The quantitative estimate of drug-likeness (QED) is 0.320. The minimum atomic E-state index is -0.586. The van der Waals surface area contributed by atoms with Crippen LogP contribution in [0.25, 0.3) is 16.6 Å². The summed E-state index contributed by atoms with van der Waals surface area (Å²) in [5, 5.41) is 25.7. The Morgan fingerprint density at radius 1 is 1.10 bits per heavy atom. The van der Waals surface area contributed by atoms with E-state index in [1.807, 2.05) is 0 Å². The molecular weight excluding hydrogens is 542 g/mol. The molecule has 4 rings (SSSR count). The number of ether oxygens (including phenoxy) is 1. The van der Waals surface area contributed by atoms with Crippen LogP contribution in [0.4, 0.5) is 4.79 Å². The average Bonchev–Trinajstić information content (AvgIpc) is 3.64. The molecule has 1 aromatic carbocycles. The number of carbonyl (C=O) groups excluding carboxylic acids is 4. The molecule has 14 heteroatoms. The van der Waals surface area contributed by atoms with Crippen molar-refractivity contribution in [2.45, 2.75) is 51.7 Å². The summed E-state index contributed by atoms with van der Waals surface area (Å²) in [5.41, 5.74) is 0.917. The smallest absolute Gasteiger partial charge is 0.407 e. The van der Waals surface area contributed by atoms with Crippen molar-refractivity contribution in [1.29, 1.82) is 5.26 Å². The van der Waals surface area contributed by atoms with Gasteiger partial charge in [0, 0.05) is 31.2 Å². The predicted molar refractivity (Wildman–Crippen MR) is 151 cm³/mol. The summed E-state index contributed by atoms with van der Waals surface area (Å²) in [7, 11) is 0. The van der Waals surface area contributed by atoms with Gasteiger partial charge >= 0.3 is 6.09 Å². The van der Waals surface area contributed by atoms with Crippen molar-refractivity contribution in [2.75, 3.05) is 26.2 Å². The van der Waals surface area contributed by atoms with E-state index in [2.05, 4.69) is 37.3 Å². The molecule has 1 atom stereocenters. The van der Waals surface area contributed by atoms with E-state index < -0.39 is 29.6 Å². The largest absolute Gasteiger partial charge is 0.444 e. The van der Waals surface area contributed by atoms with Crippen molar-refractivity contribution < 1.29 is 23.9 Å². The molecule has 1 saturated heterocycles. The van der Waals surface area contributed by atoms with Crippen LogP contribution in [0.15, 0.2) is 36.7 Å². The lowest BCUT2D eigenvalue weighted by Gasteiger charge is -2.19. The molecule has 3 aromatic rings. The van der Waals surface area contributed by atoms with E-state index >= 15 is 0 Å². The molecule has 2 aromatic heterocycles. The summed E-state index contributed by atoms with van der Waals surface area (Å²) in [6, 6.07) is 8.36. The zero-order valence-corrected chi connectivity index (χ0v) is 23.7. The highest BCUT2D eigenvalue weighted by Gasteiger charge is 2.28. The number of nitrogens with one attached hydrogen (secondary N) is 3. The maximum Gasteiger partial charge on any atom is 0.407 e. The fourth-order valence-corrected chi connectivity index (χ4v) is 4.41. The molecule has 1 aliphatic rings. The number of nitriles is 1. The summed E-state index contributed by atoms with van der Waals surface area (Å²) in [5.74, 6) is -1.19. The van der Waals surface area contributed by atoms with Gasteiger partial charge in [-0.15, -0.1) is 5.10 Å². The Bertz CT molecular complexity index is 1520. The Morgan fingerprint density at radius 3 is 2.64 bits per heavy atom. The maximum absolute atomic E-state index is 13.0. The third kappa shape index (κ3) is 7.57. The number of fused-ring (bicyclic) bond motifs is 1. The molecule has 14 nitrogen and oxygen atoms in total. The SMILES string of the molecule is CC(C)(C)OC(=O)NCCCNC(=O)c1cn(-c2ccc3nccc(C(=O)NCC(=O)N4CCC[C@H]4C#N)c3c2)nn1. The van der Waals surface area contributed by atoms with Crippen molar-refractivity contribution >= 4 is 34.7 Å². The fourth-order valence-electron chi connectivity index (χ4n) is 4.41. The number of benzene rings is 1. The van der Waals surface area contributed by atoms with Gasteiger partial charge in [0.15, 0.2) is 5.69 Å². The minimum Gasteiger partial charge on any atom is -0.444 e. The van der Waals surface area contributed by atoms with Gasteiger partial charge in [-0.3, -0.25) is 19.4 Å². The molecule has 0 unspecified atom stereocenters. The van der Waals surface area contributed by atoms with Crippen LogP contribution in [0.3, 0.4) is 0 Å². The molecule has 1 aliphatic heterocycles. The highest BCUT2D eigenvalue weighted by Crippen LogP contribution is 2.21. The van der Waals surface area contributed by atoms with Crippen LogP contribution in [0.2, 0.25) is 0 Å². The number of amides is 4. The number of alkyl carbamates (subject to hydrolysis) is 1. The van der Waals surface area contributed by atoms with Crippen LogP contribution >= 0.6 is 0 Å². The number of pyridine rings is 1. The zero-order valence-electron chi connectivity index (χ0n) is 23.7. The topological polar surface area (TPSA) is 184 Å². The van der Waals surface area contributed by atoms with Gasteiger partial charge in [0.2, 0.25) is 5.91 Å². The number of hydrogen-bond acceptors (Lipinski definition) is 9. The summed E-state index contributed by atoms with van der Waals surface area (Å²) in [4.78, 5) is 55.6. The van der Waals surface area contributed by atoms with Gasteiger partial charge < -0.3 is 25.6 Å². The average molecular weight is 576 g/mol. The van der Waals surface area contributed by atoms with E-state index in [0.29, 0.717) is 54.6 Å². The van der Waals surface area contributed by atoms with E-state index in [1.54, 1.807) is 45.0 Å². The molecule has 3 N–H and O–H groups in total. The van der Waals surface area contributed by atoms with Crippen LogP contribution in [0, 0.1) is 11.3 Å². The standard InChI is InChI=1S/C28H33N9O5/c1-28(2,3)42-27(41)32-11-5-10-31-26(40)23-17-37(35-34-23)18-7-8-22-21(14-18)20(9-12-30-22)25(39)33-16-24(38)36-13-4-6-19(36)15-29/h7-9,12,14,17,19H,4-6,10-11,13,16H2,1-3H3,(H,31,40)(H,32,41)(H,33,39)/t19-/m0/s1. The first kappa shape index (κ1) is 29.9. The van der Waals surface area contributed by atoms with Crippen molar-refractivity contribution in [3.05, 3.63) is 47.9 Å². The van der Waals surface area contributed by atoms with Crippen LogP contribution in [0.5, 0.6) is 0 Å². The summed E-state index contributed by atoms with van der Waals surface area (Å²) < 4.78 is 6.57. The number of likely N-dealkylation sites (tertiary alicyclic amines) is 1. The molecule has 0 bridgehead atoms. The first-order chi connectivity index (χ1) is 20.1. The molecule has 0 radical (unpaired) electrons. The van der Waals surface area contributed by atoms with Crippen LogP contribution in [-0.4, -0.2) is 86.5 Å². The lowest BCUT2D eigenvalue weighted by Crippen LogP contribution is -2.42. The molecular formula is C28H33N9O5. The Hall–Kier alpha value is -5.06. The summed E-state index contributed by atoms with van der Waals surface area (Å²) >= 11 is 0. The van der Waals surface area contributed by atoms with Gasteiger partial charge in [-0.1, -0.05) is 5.21 Å². The third-order valence-corrected chi connectivity index (χ3v) is 6.39. The van der Waals surface area contributed by atoms with Crippen molar-refractivity contribution in [3.63, 3.8) is 0 Å². The van der Waals surface area contributed by atoms with E-state index in [4.69, 9.17) is 4.74 Å². The van der Waals surface area contributed by atoms with Crippen LogP contribution in [0.1, 0.15) is 60.9 Å². The Balaban J connectivity index is 1.36. The summed E-state index contributed by atoms with van der Waals surface area (Å²) in [6.07, 6.45) is 4.33. The number of rotatable bonds is 9. The normalized spacial score (nSPS) is 14.7. The summed E-state index contributed by atoms with van der Waals surface area (Å²) in [6.45, 7) is 6.24. The molecule has 220 valence electrons. The molecule has 0 aliphatic carbocycles. The van der Waals surface area contributed by atoms with E-state index in [1.165, 1.54) is 22.0 Å². The van der Waals surface area contributed by atoms with Crippen LogP contribution < -0.4 is 16.0 Å². The van der Waals surface area contributed by atoms with Crippen molar-refractivity contribution in [1.82, 2.24) is 40.8 Å². The van der Waals surface area contributed by atoms with Gasteiger partial charge in [0.05, 0.1) is 35.6 Å².